The Balaban J connectivity index is 1.53. The number of carbonyl (C=O) groups is 2. The minimum atomic E-state index is -3.05. The van der Waals surface area contributed by atoms with Gasteiger partial charge >= 0.3 is 0 Å². The van der Waals surface area contributed by atoms with Crippen molar-refractivity contribution in [1.29, 1.82) is 0 Å². The van der Waals surface area contributed by atoms with Crippen LogP contribution in [0.4, 0.5) is 0 Å². The second-order valence-corrected chi connectivity index (χ2v) is 9.66. The third-order valence-corrected chi connectivity index (χ3v) is 6.76. The Bertz CT molecular complexity index is 933. The first-order chi connectivity index (χ1) is 12.7. The maximum atomic E-state index is 12.4. The second kappa shape index (κ2) is 7.81. The summed E-state index contributed by atoms with van der Waals surface area (Å²) in [4.78, 5) is 30.5. The van der Waals surface area contributed by atoms with Gasteiger partial charge in [-0.05, 0) is 26.0 Å². The monoisotopic (exact) mass is 411 g/mol. The molecule has 2 aromatic heterocycles. The number of aromatic nitrogens is 1. The van der Waals surface area contributed by atoms with E-state index < -0.39 is 15.9 Å². The highest BCUT2D eigenvalue weighted by Crippen LogP contribution is 2.25. The Morgan fingerprint density at radius 3 is 2.67 bits per heavy atom. The molecule has 8 nitrogen and oxygen atoms in total. The topological polar surface area (TPSA) is 110 Å². The molecule has 146 valence electrons. The highest BCUT2D eigenvalue weighted by Gasteiger charge is 2.28. The van der Waals surface area contributed by atoms with E-state index >= 15 is 0 Å². The van der Waals surface area contributed by atoms with Gasteiger partial charge in [0.05, 0.1) is 23.6 Å². The Morgan fingerprint density at radius 2 is 2.04 bits per heavy atom. The van der Waals surface area contributed by atoms with Gasteiger partial charge in [-0.1, -0.05) is 0 Å². The fourth-order valence-corrected chi connectivity index (χ4v) is 4.76. The van der Waals surface area contributed by atoms with Crippen molar-refractivity contribution in [3.63, 3.8) is 0 Å². The highest BCUT2D eigenvalue weighted by atomic mass is 32.2. The van der Waals surface area contributed by atoms with E-state index in [0.717, 1.165) is 5.76 Å². The van der Waals surface area contributed by atoms with Gasteiger partial charge in [-0.15, -0.1) is 11.3 Å². The van der Waals surface area contributed by atoms with Gasteiger partial charge in [0.2, 0.25) is 11.8 Å². The number of furan rings is 1. The van der Waals surface area contributed by atoms with Crippen molar-refractivity contribution >= 4 is 33.0 Å². The van der Waals surface area contributed by atoms with E-state index in [9.17, 15) is 18.0 Å². The molecule has 0 bridgehead atoms. The van der Waals surface area contributed by atoms with Gasteiger partial charge in [0.25, 0.3) is 0 Å². The van der Waals surface area contributed by atoms with Gasteiger partial charge in [0.1, 0.15) is 11.8 Å². The van der Waals surface area contributed by atoms with Gasteiger partial charge in [-0.3, -0.25) is 9.59 Å². The van der Waals surface area contributed by atoms with Crippen LogP contribution < -0.4 is 5.32 Å². The molecular formula is C17H21N3O5S2. The van der Waals surface area contributed by atoms with Gasteiger partial charge in [-0.25, -0.2) is 13.4 Å². The lowest BCUT2D eigenvalue weighted by atomic mass is 10.2. The molecule has 1 aliphatic heterocycles. The predicted octanol–water partition coefficient (Wildman–Crippen LogP) is 1.02. The van der Waals surface area contributed by atoms with E-state index in [1.807, 2.05) is 19.1 Å². The van der Waals surface area contributed by atoms with E-state index in [0.29, 0.717) is 16.5 Å². The first-order valence-electron chi connectivity index (χ1n) is 8.53. The molecular weight excluding hydrogens is 390 g/mol. The average molecular weight is 412 g/mol. The van der Waals surface area contributed by atoms with Gasteiger partial charge in [-0.2, -0.15) is 0 Å². The number of hydrogen-bond acceptors (Lipinski definition) is 7. The van der Waals surface area contributed by atoms with Crippen LogP contribution in [0.5, 0.6) is 0 Å². The van der Waals surface area contributed by atoms with Crippen LogP contribution in [-0.2, 0) is 25.8 Å². The molecule has 1 unspecified atom stereocenters. The zero-order valence-electron chi connectivity index (χ0n) is 15.1. The molecule has 1 saturated heterocycles. The molecule has 1 atom stereocenters. The molecule has 10 heteroatoms. The molecule has 1 aliphatic rings. The Kier molecular flexibility index (Phi) is 5.66. The fraction of sp³-hybridized carbons (Fsp3) is 0.471. The van der Waals surface area contributed by atoms with Crippen molar-refractivity contribution in [1.82, 2.24) is 15.2 Å². The number of sulfone groups is 1. The van der Waals surface area contributed by atoms with Gasteiger partial charge in [0, 0.05) is 18.5 Å². The third-order valence-electron chi connectivity index (χ3n) is 4.25. The highest BCUT2D eigenvalue weighted by molar-refractivity contribution is 7.91. The lowest BCUT2D eigenvalue weighted by Crippen LogP contribution is -2.51. The third kappa shape index (κ3) is 4.95. The standard InChI is InChI=1S/C17H21N3O5S2/c1-11-3-4-14(25-11)16-19-13(10-26-16)9-15(21)18-12(2)17(22)20-5-7-27(23,24)8-6-20/h3-4,10,12H,5-9H2,1-2H3,(H,18,21). The van der Waals surface area contributed by atoms with Crippen molar-refractivity contribution in [3.8, 4) is 10.8 Å². The van der Waals surface area contributed by atoms with E-state index in [2.05, 4.69) is 10.3 Å². The maximum Gasteiger partial charge on any atom is 0.244 e. The summed E-state index contributed by atoms with van der Waals surface area (Å²) in [5.41, 5.74) is 0.602. The number of rotatable bonds is 5. The van der Waals surface area contributed by atoms with Crippen molar-refractivity contribution in [3.05, 3.63) is 29.0 Å². The van der Waals surface area contributed by atoms with Crippen molar-refractivity contribution in [2.45, 2.75) is 26.3 Å². The summed E-state index contributed by atoms with van der Waals surface area (Å²) in [6.45, 7) is 3.78. The molecule has 2 amide bonds. The van der Waals surface area contributed by atoms with Crippen LogP contribution in [0, 0.1) is 6.92 Å². The number of hydrogen-bond donors (Lipinski definition) is 1. The van der Waals surface area contributed by atoms with E-state index in [-0.39, 0.29) is 42.8 Å². The molecule has 1 fully saturated rings. The average Bonchev–Trinajstić information content (AvgIpc) is 3.23. The van der Waals surface area contributed by atoms with Crippen LogP contribution in [0.15, 0.2) is 21.9 Å². The first-order valence-corrected chi connectivity index (χ1v) is 11.2. The maximum absolute atomic E-state index is 12.4. The molecule has 2 aromatic rings. The number of amides is 2. The molecule has 0 aliphatic carbocycles. The summed E-state index contributed by atoms with van der Waals surface area (Å²) in [7, 11) is -3.05. The van der Waals surface area contributed by atoms with Crippen LogP contribution in [0.25, 0.3) is 10.8 Å². The minimum absolute atomic E-state index is 0.0345. The van der Waals surface area contributed by atoms with Crippen molar-refractivity contribution in [2.24, 2.45) is 0 Å². The molecule has 3 heterocycles. The SMILES string of the molecule is Cc1ccc(-c2nc(CC(=O)NC(C)C(=O)N3CCS(=O)(=O)CC3)cs2)o1. The molecule has 0 spiro atoms. The summed E-state index contributed by atoms with van der Waals surface area (Å²) >= 11 is 1.39. The summed E-state index contributed by atoms with van der Waals surface area (Å²) < 4.78 is 28.4. The number of nitrogens with zero attached hydrogens (tertiary/aromatic N) is 2. The van der Waals surface area contributed by atoms with Crippen molar-refractivity contribution < 1.29 is 22.4 Å². The number of carbonyl (C=O) groups excluding carboxylic acids is 2. The predicted molar refractivity (Wildman–Crippen MR) is 101 cm³/mol. The normalized spacial score (nSPS) is 17.5. The van der Waals surface area contributed by atoms with E-state index in [4.69, 9.17) is 4.42 Å². The molecule has 3 rings (SSSR count). The van der Waals surface area contributed by atoms with Gasteiger partial charge < -0.3 is 14.6 Å². The molecule has 0 aromatic carbocycles. The van der Waals surface area contributed by atoms with Crippen molar-refractivity contribution in [2.75, 3.05) is 24.6 Å². The minimum Gasteiger partial charge on any atom is -0.459 e. The Hall–Kier alpha value is -2.20. The van der Waals surface area contributed by atoms with Crippen LogP contribution >= 0.6 is 11.3 Å². The quantitative estimate of drug-likeness (QED) is 0.787. The second-order valence-electron chi connectivity index (χ2n) is 6.50. The van der Waals surface area contributed by atoms with Crippen LogP contribution in [0.3, 0.4) is 0 Å². The lowest BCUT2D eigenvalue weighted by molar-refractivity contribution is -0.135. The molecule has 0 saturated carbocycles. The lowest BCUT2D eigenvalue weighted by Gasteiger charge is -2.29. The van der Waals surface area contributed by atoms with Gasteiger partial charge in [0.15, 0.2) is 20.6 Å². The molecule has 27 heavy (non-hydrogen) atoms. The molecule has 1 N–H and O–H groups in total. The zero-order chi connectivity index (χ0) is 19.6. The summed E-state index contributed by atoms with van der Waals surface area (Å²) in [6.07, 6.45) is 0.0577. The van der Waals surface area contributed by atoms with Crippen LogP contribution in [0.2, 0.25) is 0 Å². The van der Waals surface area contributed by atoms with Crippen LogP contribution in [0.1, 0.15) is 18.4 Å². The smallest absolute Gasteiger partial charge is 0.244 e. The largest absolute Gasteiger partial charge is 0.459 e. The number of aryl methyl sites for hydroxylation is 1. The molecule has 0 radical (unpaired) electrons. The van der Waals surface area contributed by atoms with Crippen LogP contribution in [-0.4, -0.2) is 60.8 Å². The zero-order valence-corrected chi connectivity index (χ0v) is 16.7. The fourth-order valence-electron chi connectivity index (χ4n) is 2.78. The Morgan fingerprint density at radius 1 is 1.33 bits per heavy atom. The number of thiazole rings is 1. The first kappa shape index (κ1) is 19.6. The van der Waals surface area contributed by atoms with E-state index in [1.54, 1.807) is 12.3 Å². The summed E-state index contributed by atoms with van der Waals surface area (Å²) in [5.74, 6) is 0.793. The summed E-state index contributed by atoms with van der Waals surface area (Å²) in [6, 6.07) is 2.96. The van der Waals surface area contributed by atoms with E-state index in [1.165, 1.54) is 16.2 Å². The summed E-state index contributed by atoms with van der Waals surface area (Å²) in [5, 5.41) is 5.15. The number of nitrogens with one attached hydrogen (secondary N) is 1. The Labute approximate surface area is 161 Å².